The van der Waals surface area contributed by atoms with E-state index in [0.717, 1.165) is 55.9 Å². The van der Waals surface area contributed by atoms with E-state index in [1.807, 2.05) is 103 Å². The number of hydrogen-bond acceptors (Lipinski definition) is 6. The van der Waals surface area contributed by atoms with Crippen LogP contribution in [0.15, 0.2) is 207 Å². The average Bonchev–Trinajstić information content (AvgIpc) is 3.36. The molecule has 0 fully saturated rings. The summed E-state index contributed by atoms with van der Waals surface area (Å²) in [7, 11) is 0. The van der Waals surface area contributed by atoms with E-state index in [2.05, 4.69) is 108 Å². The maximum absolute atomic E-state index is 5.24. The molecular weight excluding hydrogens is 757 g/mol. The van der Waals surface area contributed by atoms with Gasteiger partial charge in [-0.25, -0.2) is 24.9 Å². The van der Waals surface area contributed by atoms with Gasteiger partial charge in [0.2, 0.25) is 0 Å². The van der Waals surface area contributed by atoms with Crippen molar-refractivity contribution in [3.63, 3.8) is 0 Å². The first-order valence-electron chi connectivity index (χ1n) is 20.9. The van der Waals surface area contributed by atoms with E-state index in [1.54, 1.807) is 0 Å². The highest BCUT2D eigenvalue weighted by molar-refractivity contribution is 5.79. The summed E-state index contributed by atoms with van der Waals surface area (Å²) in [6, 6.07) is 68.0. The third kappa shape index (κ3) is 6.20. The molecule has 3 aromatic heterocycles. The van der Waals surface area contributed by atoms with E-state index >= 15 is 0 Å². The maximum Gasteiger partial charge on any atom is 0.164 e. The molecule has 0 aliphatic heterocycles. The molecule has 0 amide bonds. The van der Waals surface area contributed by atoms with Crippen molar-refractivity contribution in [2.24, 2.45) is 0 Å². The topological polar surface area (TPSA) is 77.3 Å². The van der Waals surface area contributed by atoms with E-state index in [-0.39, 0.29) is 11.8 Å². The first-order chi connectivity index (χ1) is 30.7. The zero-order chi connectivity index (χ0) is 41.0. The molecule has 13 rings (SSSR count). The Morgan fingerprint density at radius 2 is 0.645 bits per heavy atom. The molecule has 0 N–H and O–H groups in total. The van der Waals surface area contributed by atoms with Gasteiger partial charge in [0, 0.05) is 57.6 Å². The third-order valence-electron chi connectivity index (χ3n) is 12.2. The fraction of sp³-hybridized carbons (Fsp3) is 0.0357. The van der Waals surface area contributed by atoms with Gasteiger partial charge in [-0.3, -0.25) is 4.98 Å². The normalized spacial score (nSPS) is 14.5. The molecule has 3 aliphatic rings. The Kier molecular flexibility index (Phi) is 8.52. The number of pyridine rings is 1. The molecular formula is C56H36N6. The first-order valence-corrected chi connectivity index (χ1v) is 20.9. The van der Waals surface area contributed by atoms with Gasteiger partial charge in [-0.2, -0.15) is 0 Å². The average molecular weight is 793 g/mol. The summed E-state index contributed by atoms with van der Waals surface area (Å²) in [5.41, 5.74) is 17.8. The van der Waals surface area contributed by atoms with Crippen LogP contribution >= 0.6 is 0 Å². The molecule has 2 bridgehead atoms. The van der Waals surface area contributed by atoms with Crippen LogP contribution in [-0.4, -0.2) is 29.9 Å². The molecule has 3 aliphatic carbocycles. The molecule has 0 spiro atoms. The van der Waals surface area contributed by atoms with Gasteiger partial charge in [0.1, 0.15) is 0 Å². The predicted molar refractivity (Wildman–Crippen MR) is 246 cm³/mol. The van der Waals surface area contributed by atoms with E-state index < -0.39 is 0 Å². The molecule has 3 heterocycles. The predicted octanol–water partition coefficient (Wildman–Crippen LogP) is 12.7. The summed E-state index contributed by atoms with van der Waals surface area (Å²) in [6.45, 7) is 0. The van der Waals surface area contributed by atoms with Gasteiger partial charge in [-0.1, -0.05) is 158 Å². The van der Waals surface area contributed by atoms with Crippen LogP contribution in [0, 0.1) is 0 Å². The summed E-state index contributed by atoms with van der Waals surface area (Å²) < 4.78 is 0. The smallest absolute Gasteiger partial charge is 0.164 e. The van der Waals surface area contributed by atoms with Crippen molar-refractivity contribution >= 4 is 0 Å². The van der Waals surface area contributed by atoms with Gasteiger partial charge in [0.15, 0.2) is 23.3 Å². The molecule has 2 atom stereocenters. The number of nitrogens with zero attached hydrogens (tertiary/aromatic N) is 6. The van der Waals surface area contributed by atoms with Crippen molar-refractivity contribution in [2.75, 3.05) is 0 Å². The highest BCUT2D eigenvalue weighted by Crippen LogP contribution is 2.56. The minimum absolute atomic E-state index is 0.0518. The quantitative estimate of drug-likeness (QED) is 0.160. The highest BCUT2D eigenvalue weighted by atomic mass is 15.0. The fourth-order valence-electron chi connectivity index (χ4n) is 9.32. The minimum atomic E-state index is 0.0518. The SMILES string of the molecule is c1ccc(-c2nc(-c3cccc(-c4ccncc4)c3)cc(-c3ccc4c(c3)C3c5ccccc5C4c4cc(-c5nc(-c6ccccc6)nc(-c6ccccc6)n5)ccc43)n2)cc1. The van der Waals surface area contributed by atoms with Gasteiger partial charge in [-0.05, 0) is 80.9 Å². The Labute approximate surface area is 359 Å². The van der Waals surface area contributed by atoms with Gasteiger partial charge in [0.05, 0.1) is 11.4 Å². The number of benzene rings is 7. The number of rotatable bonds is 7. The zero-order valence-electron chi connectivity index (χ0n) is 33.5. The van der Waals surface area contributed by atoms with E-state index in [0.29, 0.717) is 23.3 Å². The standard InChI is InChI=1S/C56H36N6/c1-4-13-36(14-5-1)53-58-49(40-20-12-19-39(31-40)35-27-29-57-30-28-35)34-50(59-53)41-23-25-45-47(32-41)51-43-21-10-11-22-44(43)52(45)48-33-42(24-26-46(48)51)56-61-54(37-15-6-2-7-16-37)60-55(62-56)38-17-8-3-9-18-38/h1-34,51-52H. The van der Waals surface area contributed by atoms with Crippen LogP contribution in [0.3, 0.4) is 0 Å². The van der Waals surface area contributed by atoms with Gasteiger partial charge < -0.3 is 0 Å². The van der Waals surface area contributed by atoms with Crippen molar-refractivity contribution in [3.8, 4) is 79.2 Å². The lowest BCUT2D eigenvalue weighted by Crippen LogP contribution is -2.27. The fourth-order valence-corrected chi connectivity index (χ4v) is 9.32. The van der Waals surface area contributed by atoms with E-state index in [9.17, 15) is 0 Å². The lowest BCUT2D eigenvalue weighted by molar-refractivity contribution is 0.754. The van der Waals surface area contributed by atoms with Gasteiger partial charge in [-0.15, -0.1) is 0 Å². The van der Waals surface area contributed by atoms with E-state index in [4.69, 9.17) is 24.9 Å². The van der Waals surface area contributed by atoms with Crippen molar-refractivity contribution < 1.29 is 0 Å². The minimum Gasteiger partial charge on any atom is -0.265 e. The van der Waals surface area contributed by atoms with Crippen molar-refractivity contribution in [2.45, 2.75) is 11.8 Å². The molecule has 0 saturated carbocycles. The molecule has 290 valence electrons. The molecule has 6 nitrogen and oxygen atoms in total. The Morgan fingerprint density at radius 3 is 1.19 bits per heavy atom. The molecule has 62 heavy (non-hydrogen) atoms. The van der Waals surface area contributed by atoms with Crippen LogP contribution in [0.25, 0.3) is 79.2 Å². The second-order valence-corrected chi connectivity index (χ2v) is 15.9. The number of aromatic nitrogens is 6. The summed E-state index contributed by atoms with van der Waals surface area (Å²) in [6.07, 6.45) is 3.66. The lowest BCUT2D eigenvalue weighted by Gasteiger charge is -2.42. The summed E-state index contributed by atoms with van der Waals surface area (Å²) in [4.78, 5) is 29.7. The Morgan fingerprint density at radius 1 is 0.242 bits per heavy atom. The van der Waals surface area contributed by atoms with Crippen LogP contribution in [-0.2, 0) is 0 Å². The Bertz CT molecular complexity index is 3240. The monoisotopic (exact) mass is 792 g/mol. The van der Waals surface area contributed by atoms with Crippen molar-refractivity contribution in [1.82, 2.24) is 29.9 Å². The highest BCUT2D eigenvalue weighted by Gasteiger charge is 2.41. The molecule has 7 aromatic carbocycles. The maximum atomic E-state index is 5.24. The van der Waals surface area contributed by atoms with Crippen molar-refractivity contribution in [3.05, 3.63) is 240 Å². The summed E-state index contributed by atoms with van der Waals surface area (Å²) >= 11 is 0. The van der Waals surface area contributed by atoms with Crippen LogP contribution in [0.2, 0.25) is 0 Å². The van der Waals surface area contributed by atoms with Gasteiger partial charge in [0.25, 0.3) is 0 Å². The molecule has 6 heteroatoms. The molecule has 0 saturated heterocycles. The molecule has 10 aromatic rings. The number of hydrogen-bond donors (Lipinski definition) is 0. The lowest BCUT2D eigenvalue weighted by atomic mass is 9.60. The second-order valence-electron chi connectivity index (χ2n) is 15.9. The van der Waals surface area contributed by atoms with Crippen LogP contribution < -0.4 is 0 Å². The largest absolute Gasteiger partial charge is 0.265 e. The third-order valence-corrected chi connectivity index (χ3v) is 12.2. The Hall–Kier alpha value is -8.22. The Balaban J connectivity index is 0.980. The van der Waals surface area contributed by atoms with Crippen LogP contribution in [0.5, 0.6) is 0 Å². The summed E-state index contributed by atoms with van der Waals surface area (Å²) in [5, 5.41) is 0. The van der Waals surface area contributed by atoms with E-state index in [1.165, 1.54) is 33.4 Å². The second kappa shape index (κ2) is 14.8. The molecule has 0 radical (unpaired) electrons. The molecule has 2 unspecified atom stereocenters. The van der Waals surface area contributed by atoms with Crippen LogP contribution in [0.1, 0.15) is 45.2 Å². The zero-order valence-corrected chi connectivity index (χ0v) is 33.5. The summed E-state index contributed by atoms with van der Waals surface area (Å²) in [5.74, 6) is 2.77. The van der Waals surface area contributed by atoms with Crippen LogP contribution in [0.4, 0.5) is 0 Å². The van der Waals surface area contributed by atoms with Gasteiger partial charge >= 0.3 is 0 Å². The van der Waals surface area contributed by atoms with Crippen molar-refractivity contribution in [1.29, 1.82) is 0 Å². The first kappa shape index (κ1) is 35.7.